The Kier molecular flexibility index (Phi) is 2.56. The van der Waals surface area contributed by atoms with E-state index in [1.54, 1.807) is 0 Å². The summed E-state index contributed by atoms with van der Waals surface area (Å²) in [6.07, 6.45) is 3.89. The average molecular weight is 191 g/mol. The predicted molar refractivity (Wildman–Crippen MR) is 57.4 cm³/mol. The molecule has 1 heteroatoms. The van der Waals surface area contributed by atoms with Crippen molar-refractivity contribution in [1.82, 2.24) is 0 Å². The molecule has 0 unspecified atom stereocenters. The van der Waals surface area contributed by atoms with Gasteiger partial charge in [-0.1, -0.05) is 20.8 Å². The van der Waals surface area contributed by atoms with Crippen molar-refractivity contribution in [3.05, 3.63) is 0 Å². The lowest BCUT2D eigenvalue weighted by molar-refractivity contribution is -0.00274. The zero-order valence-electron chi connectivity index (χ0n) is 9.53. The van der Waals surface area contributed by atoms with Crippen molar-refractivity contribution in [3.63, 3.8) is 0 Å². The van der Waals surface area contributed by atoms with Gasteiger partial charge in [-0.05, 0) is 48.9 Å². The monoisotopic (exact) mass is 191 g/mol. The highest BCUT2D eigenvalue weighted by molar-refractivity contribution is 5.02. The molecule has 0 aromatic heterocycles. The molecule has 0 aromatic rings. The van der Waals surface area contributed by atoms with Crippen molar-refractivity contribution in [2.24, 2.45) is 35.5 Å². The van der Waals surface area contributed by atoms with Gasteiger partial charge < -0.3 is 0 Å². The molecule has 3 fully saturated rings. The van der Waals surface area contributed by atoms with Crippen LogP contribution in [0.3, 0.4) is 0 Å². The van der Waals surface area contributed by atoms with Gasteiger partial charge in [0.05, 0.1) is 6.07 Å². The molecule has 14 heavy (non-hydrogen) atoms. The van der Waals surface area contributed by atoms with Gasteiger partial charge in [0.1, 0.15) is 0 Å². The molecule has 1 nitrogen and oxygen atoms in total. The van der Waals surface area contributed by atoms with Crippen LogP contribution in [0.15, 0.2) is 0 Å². The van der Waals surface area contributed by atoms with Gasteiger partial charge in [-0.2, -0.15) is 5.26 Å². The number of hydrogen-bond donors (Lipinski definition) is 0. The maximum Gasteiger partial charge on any atom is 0.0658 e. The standard InChI is InChI=1S/C13H21N/c1-8(2)12-6-10-5-11(7-14)13(12)4-9(10)3/h8-13H,4-6H2,1-3H3/t9-,10+,11+,12-,13+/m0/s1. The molecule has 5 atom stereocenters. The van der Waals surface area contributed by atoms with Gasteiger partial charge in [0, 0.05) is 5.92 Å². The topological polar surface area (TPSA) is 23.8 Å². The smallest absolute Gasteiger partial charge is 0.0658 e. The highest BCUT2D eigenvalue weighted by Gasteiger charge is 2.46. The first-order valence-electron chi connectivity index (χ1n) is 6.03. The van der Waals surface area contributed by atoms with Crippen LogP contribution in [0, 0.1) is 46.8 Å². The summed E-state index contributed by atoms with van der Waals surface area (Å²) in [5.41, 5.74) is 0. The molecule has 0 heterocycles. The molecule has 0 amide bonds. The van der Waals surface area contributed by atoms with Crippen molar-refractivity contribution >= 4 is 0 Å². The molecule has 0 radical (unpaired) electrons. The van der Waals surface area contributed by atoms with Crippen molar-refractivity contribution in [2.45, 2.75) is 40.0 Å². The van der Waals surface area contributed by atoms with Crippen LogP contribution in [-0.2, 0) is 0 Å². The summed E-state index contributed by atoms with van der Waals surface area (Å²) in [6.45, 7) is 7.02. The van der Waals surface area contributed by atoms with Gasteiger partial charge in [0.15, 0.2) is 0 Å². The number of nitrogens with zero attached hydrogens (tertiary/aromatic N) is 1. The van der Waals surface area contributed by atoms with Gasteiger partial charge >= 0.3 is 0 Å². The van der Waals surface area contributed by atoms with E-state index in [-0.39, 0.29) is 0 Å². The Bertz CT molecular complexity index is 250. The molecule has 0 spiro atoms. The highest BCUT2D eigenvalue weighted by atomic mass is 14.5. The van der Waals surface area contributed by atoms with Gasteiger partial charge in [-0.3, -0.25) is 0 Å². The minimum Gasteiger partial charge on any atom is -0.198 e. The summed E-state index contributed by atoms with van der Waals surface area (Å²) in [5.74, 6) is 4.40. The van der Waals surface area contributed by atoms with E-state index in [0.717, 1.165) is 23.7 Å². The lowest BCUT2D eigenvalue weighted by atomic mass is 9.54. The van der Waals surface area contributed by atoms with E-state index < -0.39 is 0 Å². The first-order chi connectivity index (χ1) is 6.63. The molecular weight excluding hydrogens is 170 g/mol. The zero-order chi connectivity index (χ0) is 10.3. The lowest BCUT2D eigenvalue weighted by Crippen LogP contribution is -2.43. The SMILES string of the molecule is CC(C)[C@@H]1C[C@H]2C[C@H](C#N)[C@H]1C[C@@H]2C. The number of hydrogen-bond acceptors (Lipinski definition) is 1. The largest absolute Gasteiger partial charge is 0.198 e. The predicted octanol–water partition coefficient (Wildman–Crippen LogP) is 3.46. The lowest BCUT2D eigenvalue weighted by Gasteiger charge is -2.50. The molecule has 0 aliphatic heterocycles. The second-order valence-corrected chi connectivity index (χ2v) is 5.75. The Morgan fingerprint density at radius 3 is 2.43 bits per heavy atom. The molecule has 3 aliphatic carbocycles. The summed E-state index contributed by atoms with van der Waals surface area (Å²) < 4.78 is 0. The molecule has 3 saturated carbocycles. The minimum absolute atomic E-state index is 0.373. The van der Waals surface area contributed by atoms with E-state index in [1.807, 2.05) is 0 Å². The van der Waals surface area contributed by atoms with Crippen LogP contribution >= 0.6 is 0 Å². The van der Waals surface area contributed by atoms with Crippen LogP contribution in [0.1, 0.15) is 40.0 Å². The summed E-state index contributed by atoms with van der Waals surface area (Å²) in [7, 11) is 0. The Morgan fingerprint density at radius 2 is 1.93 bits per heavy atom. The van der Waals surface area contributed by atoms with E-state index in [1.165, 1.54) is 19.3 Å². The number of fused-ring (bicyclic) bond motifs is 3. The fourth-order valence-corrected chi connectivity index (χ4v) is 3.76. The van der Waals surface area contributed by atoms with E-state index in [9.17, 15) is 0 Å². The van der Waals surface area contributed by atoms with Crippen LogP contribution in [0.4, 0.5) is 0 Å². The quantitative estimate of drug-likeness (QED) is 0.622. The van der Waals surface area contributed by atoms with Crippen molar-refractivity contribution in [3.8, 4) is 6.07 Å². The molecule has 2 bridgehead atoms. The van der Waals surface area contributed by atoms with E-state index in [4.69, 9.17) is 5.26 Å². The van der Waals surface area contributed by atoms with Crippen molar-refractivity contribution < 1.29 is 0 Å². The highest BCUT2D eigenvalue weighted by Crippen LogP contribution is 2.52. The summed E-state index contributed by atoms with van der Waals surface area (Å²) in [4.78, 5) is 0. The third-order valence-electron chi connectivity index (χ3n) is 4.67. The first-order valence-corrected chi connectivity index (χ1v) is 6.03. The molecule has 3 rings (SSSR count). The van der Waals surface area contributed by atoms with Gasteiger partial charge in [0.25, 0.3) is 0 Å². The normalized spacial score (nSPS) is 46.6. The first kappa shape index (κ1) is 10.0. The van der Waals surface area contributed by atoms with Gasteiger partial charge in [-0.15, -0.1) is 0 Å². The van der Waals surface area contributed by atoms with E-state index >= 15 is 0 Å². The van der Waals surface area contributed by atoms with Crippen molar-refractivity contribution in [1.29, 1.82) is 5.26 Å². The Labute approximate surface area is 87.5 Å². The van der Waals surface area contributed by atoms with Crippen LogP contribution in [-0.4, -0.2) is 0 Å². The maximum absolute atomic E-state index is 9.15. The van der Waals surface area contributed by atoms with Crippen LogP contribution < -0.4 is 0 Å². The fraction of sp³-hybridized carbons (Fsp3) is 0.923. The van der Waals surface area contributed by atoms with Crippen molar-refractivity contribution in [2.75, 3.05) is 0 Å². The molecule has 78 valence electrons. The number of nitriles is 1. The second-order valence-electron chi connectivity index (χ2n) is 5.75. The summed E-state index contributed by atoms with van der Waals surface area (Å²) in [5, 5.41) is 9.15. The van der Waals surface area contributed by atoms with E-state index in [0.29, 0.717) is 11.8 Å². The summed E-state index contributed by atoms with van der Waals surface area (Å²) in [6, 6.07) is 2.54. The van der Waals surface area contributed by atoms with Crippen LogP contribution in [0.5, 0.6) is 0 Å². The Morgan fingerprint density at radius 1 is 1.21 bits per heavy atom. The maximum atomic E-state index is 9.15. The van der Waals surface area contributed by atoms with Gasteiger partial charge in [-0.25, -0.2) is 0 Å². The molecule has 3 aliphatic rings. The Hall–Kier alpha value is -0.510. The Balaban J connectivity index is 2.17. The zero-order valence-corrected chi connectivity index (χ0v) is 9.53. The minimum atomic E-state index is 0.373. The third kappa shape index (κ3) is 1.45. The molecule has 0 saturated heterocycles. The van der Waals surface area contributed by atoms with Gasteiger partial charge in [0.2, 0.25) is 0 Å². The molecule has 0 aromatic carbocycles. The average Bonchev–Trinajstić information content (AvgIpc) is 2.17. The number of rotatable bonds is 1. The molecular formula is C13H21N. The second kappa shape index (κ2) is 3.57. The summed E-state index contributed by atoms with van der Waals surface area (Å²) >= 11 is 0. The van der Waals surface area contributed by atoms with Crippen LogP contribution in [0.25, 0.3) is 0 Å². The molecule has 0 N–H and O–H groups in total. The van der Waals surface area contributed by atoms with E-state index in [2.05, 4.69) is 26.8 Å². The fourth-order valence-electron chi connectivity index (χ4n) is 3.76. The third-order valence-corrected chi connectivity index (χ3v) is 4.67. The van der Waals surface area contributed by atoms with Crippen LogP contribution in [0.2, 0.25) is 0 Å².